The Morgan fingerprint density at radius 1 is 1.03 bits per heavy atom. The van der Waals surface area contributed by atoms with E-state index in [0.717, 1.165) is 40.0 Å². The van der Waals surface area contributed by atoms with Crippen LogP contribution in [0.25, 0.3) is 0 Å². The Morgan fingerprint density at radius 2 is 1.77 bits per heavy atom. The zero-order valence-electron chi connectivity index (χ0n) is 22.5. The summed E-state index contributed by atoms with van der Waals surface area (Å²) in [5.74, 6) is 0.0730. The number of hydrogen-bond acceptors (Lipinski definition) is 6. The molecule has 0 aromatic heterocycles. The van der Waals surface area contributed by atoms with Crippen molar-refractivity contribution in [1.82, 2.24) is 4.90 Å². The van der Waals surface area contributed by atoms with Gasteiger partial charge in [0.1, 0.15) is 18.4 Å². The minimum absolute atomic E-state index is 0.182. The molecule has 204 valence electrons. The minimum atomic E-state index is -0.851. The van der Waals surface area contributed by atoms with E-state index in [1.54, 1.807) is 11.8 Å². The highest BCUT2D eigenvalue weighted by atomic mass is 16.6. The molecule has 7 heteroatoms. The number of carbonyl (C=O) groups excluding carboxylic acids is 2. The molecule has 2 unspecified atom stereocenters. The van der Waals surface area contributed by atoms with Gasteiger partial charge in [-0.25, -0.2) is 4.79 Å². The van der Waals surface area contributed by atoms with Gasteiger partial charge in [0.2, 0.25) is 0 Å². The van der Waals surface area contributed by atoms with E-state index in [0.29, 0.717) is 26.2 Å². The normalized spacial score (nSPS) is 19.3. The van der Waals surface area contributed by atoms with Crippen molar-refractivity contribution in [2.75, 3.05) is 19.8 Å². The number of amides is 1. The molecule has 2 heterocycles. The van der Waals surface area contributed by atoms with E-state index in [1.165, 1.54) is 0 Å². The van der Waals surface area contributed by atoms with Crippen molar-refractivity contribution in [3.05, 3.63) is 101 Å². The van der Waals surface area contributed by atoms with Crippen LogP contribution >= 0.6 is 0 Å². The van der Waals surface area contributed by atoms with Crippen LogP contribution in [0.4, 0.5) is 0 Å². The molecule has 39 heavy (non-hydrogen) atoms. The first-order valence-corrected chi connectivity index (χ1v) is 13.6. The number of hydrogen-bond donors (Lipinski definition) is 0. The molecule has 2 aliphatic heterocycles. The monoisotopic (exact) mass is 529 g/mol. The molecule has 5 rings (SSSR count). The molecule has 3 aromatic carbocycles. The Morgan fingerprint density at radius 3 is 2.46 bits per heavy atom. The van der Waals surface area contributed by atoms with Gasteiger partial charge in [0.25, 0.3) is 5.91 Å². The van der Waals surface area contributed by atoms with Crippen LogP contribution in [0.15, 0.2) is 72.8 Å². The summed E-state index contributed by atoms with van der Waals surface area (Å²) < 4.78 is 23.6. The summed E-state index contributed by atoms with van der Waals surface area (Å²) in [7, 11) is 0. The van der Waals surface area contributed by atoms with E-state index in [9.17, 15) is 9.59 Å². The Bertz CT molecular complexity index is 1270. The lowest BCUT2D eigenvalue weighted by atomic mass is 9.90. The van der Waals surface area contributed by atoms with Crippen LogP contribution in [-0.4, -0.2) is 48.7 Å². The minimum Gasteiger partial charge on any atom is -0.488 e. The molecule has 0 N–H and O–H groups in total. The molecule has 0 bridgehead atoms. The molecule has 7 nitrogen and oxygen atoms in total. The maximum absolute atomic E-state index is 14.2. The van der Waals surface area contributed by atoms with Gasteiger partial charge in [-0.2, -0.15) is 0 Å². The van der Waals surface area contributed by atoms with Gasteiger partial charge in [-0.15, -0.1) is 0 Å². The highest BCUT2D eigenvalue weighted by Crippen LogP contribution is 2.36. The number of ether oxygens (including phenoxy) is 4. The quantitative estimate of drug-likeness (QED) is 0.366. The molecule has 0 saturated carbocycles. The average molecular weight is 530 g/mol. The lowest BCUT2D eigenvalue weighted by Gasteiger charge is -2.38. The molecule has 0 radical (unpaired) electrons. The maximum Gasteiger partial charge on any atom is 0.329 e. The largest absolute Gasteiger partial charge is 0.488 e. The second-order valence-electron chi connectivity index (χ2n) is 9.97. The van der Waals surface area contributed by atoms with E-state index >= 15 is 0 Å². The van der Waals surface area contributed by atoms with Crippen molar-refractivity contribution >= 4 is 11.9 Å². The van der Waals surface area contributed by atoms with Crippen LogP contribution in [0, 0.1) is 6.92 Å². The van der Waals surface area contributed by atoms with E-state index in [4.69, 9.17) is 18.9 Å². The Balaban J connectivity index is 1.47. The lowest BCUT2D eigenvalue weighted by Crippen LogP contribution is -2.51. The molecule has 1 saturated heterocycles. The van der Waals surface area contributed by atoms with Gasteiger partial charge in [-0.05, 0) is 42.5 Å². The van der Waals surface area contributed by atoms with Gasteiger partial charge in [-0.3, -0.25) is 4.79 Å². The summed E-state index contributed by atoms with van der Waals surface area (Å²) >= 11 is 0. The Hall–Kier alpha value is -3.68. The number of rotatable bonds is 9. The fourth-order valence-corrected chi connectivity index (χ4v) is 5.24. The molecule has 0 aliphatic carbocycles. The third-order valence-corrected chi connectivity index (χ3v) is 7.28. The van der Waals surface area contributed by atoms with Crippen molar-refractivity contribution in [3.63, 3.8) is 0 Å². The molecular formula is C32H35NO6. The Kier molecular flexibility index (Phi) is 8.59. The average Bonchev–Trinajstić information content (AvgIpc) is 3.49. The zero-order chi connectivity index (χ0) is 27.2. The second kappa shape index (κ2) is 12.5. The summed E-state index contributed by atoms with van der Waals surface area (Å²) in [6, 6.07) is 22.7. The van der Waals surface area contributed by atoms with Crippen molar-refractivity contribution in [3.8, 4) is 5.75 Å². The van der Waals surface area contributed by atoms with Gasteiger partial charge >= 0.3 is 5.97 Å². The molecule has 3 aromatic rings. The first kappa shape index (κ1) is 26.9. The number of nitrogens with zero attached hydrogens (tertiary/aromatic N) is 1. The van der Waals surface area contributed by atoms with Crippen molar-refractivity contribution in [2.24, 2.45) is 0 Å². The van der Waals surface area contributed by atoms with Gasteiger partial charge in [-0.1, -0.05) is 72.8 Å². The summed E-state index contributed by atoms with van der Waals surface area (Å²) in [4.78, 5) is 29.1. The van der Waals surface area contributed by atoms with Gasteiger partial charge < -0.3 is 23.8 Å². The molecule has 1 amide bonds. The van der Waals surface area contributed by atoms with E-state index in [2.05, 4.69) is 0 Å². The number of esters is 1. The predicted octanol–water partition coefficient (Wildman–Crippen LogP) is 4.94. The molecule has 3 atom stereocenters. The van der Waals surface area contributed by atoms with E-state index < -0.39 is 18.1 Å². The highest BCUT2D eigenvalue weighted by molar-refractivity contribution is 5.89. The molecule has 0 spiro atoms. The van der Waals surface area contributed by atoms with Crippen LogP contribution in [0.3, 0.4) is 0 Å². The van der Waals surface area contributed by atoms with Crippen LogP contribution in [-0.2, 0) is 43.4 Å². The topological polar surface area (TPSA) is 74.3 Å². The van der Waals surface area contributed by atoms with Gasteiger partial charge in [0.15, 0.2) is 6.10 Å². The summed E-state index contributed by atoms with van der Waals surface area (Å²) in [5, 5.41) is 0. The lowest BCUT2D eigenvalue weighted by molar-refractivity contribution is -0.163. The van der Waals surface area contributed by atoms with E-state index in [1.807, 2.05) is 79.7 Å². The molecular weight excluding hydrogens is 494 g/mol. The van der Waals surface area contributed by atoms with Gasteiger partial charge in [0.05, 0.1) is 19.3 Å². The second-order valence-corrected chi connectivity index (χ2v) is 9.97. The molecule has 2 aliphatic rings. The van der Waals surface area contributed by atoms with Crippen molar-refractivity contribution in [1.29, 1.82) is 0 Å². The van der Waals surface area contributed by atoms with Crippen LogP contribution in [0.5, 0.6) is 5.75 Å². The number of fused-ring (bicyclic) bond motifs is 1. The first-order valence-electron chi connectivity index (χ1n) is 13.6. The standard InChI is InChI=1S/C32H35NO6/c1-3-37-32(35)28-18-27-25(15-14-22(2)29(27)38-20-23-10-6-4-7-11-23)19-33(28)31(34)30(24-12-8-5-9-13-24)39-26-16-17-36-21-26/h4-15,26,28,30H,3,16-21H2,1-2H3/t26?,28-,30?/m0/s1. The number of benzene rings is 3. The SMILES string of the molecule is CCOC(=O)[C@@H]1Cc2c(ccc(C)c2OCc2ccccc2)CN1C(=O)C(OC1CCOC1)c1ccccc1. The fraction of sp³-hybridized carbons (Fsp3) is 0.375. The number of aryl methyl sites for hydroxylation is 1. The van der Waals surface area contributed by atoms with Crippen LogP contribution < -0.4 is 4.74 Å². The zero-order valence-corrected chi connectivity index (χ0v) is 22.5. The Labute approximate surface area is 229 Å². The van der Waals surface area contributed by atoms with Crippen LogP contribution in [0.1, 0.15) is 47.3 Å². The van der Waals surface area contributed by atoms with Crippen molar-refractivity contribution < 1.29 is 28.5 Å². The summed E-state index contributed by atoms with van der Waals surface area (Å²) in [5.41, 5.74) is 4.68. The predicted molar refractivity (Wildman–Crippen MR) is 146 cm³/mol. The highest BCUT2D eigenvalue weighted by Gasteiger charge is 2.41. The smallest absolute Gasteiger partial charge is 0.329 e. The third kappa shape index (κ3) is 6.15. The summed E-state index contributed by atoms with van der Waals surface area (Å²) in [6.07, 6.45) is -0.00409. The third-order valence-electron chi connectivity index (χ3n) is 7.28. The van der Waals surface area contributed by atoms with Crippen LogP contribution in [0.2, 0.25) is 0 Å². The summed E-state index contributed by atoms with van der Waals surface area (Å²) in [6.45, 7) is 5.73. The van der Waals surface area contributed by atoms with E-state index in [-0.39, 0.29) is 25.2 Å². The fourth-order valence-electron chi connectivity index (χ4n) is 5.24. The van der Waals surface area contributed by atoms with Gasteiger partial charge in [0, 0.05) is 25.1 Å². The van der Waals surface area contributed by atoms with Crippen molar-refractivity contribution in [2.45, 2.75) is 58.1 Å². The first-order chi connectivity index (χ1) is 19.0. The maximum atomic E-state index is 14.2. The molecule has 1 fully saturated rings. The number of carbonyl (C=O) groups is 2.